The van der Waals surface area contributed by atoms with E-state index >= 15 is 0 Å². The van der Waals surface area contributed by atoms with Gasteiger partial charge in [-0.05, 0) is 35.9 Å². The Kier molecular flexibility index (Phi) is 4.89. The second-order valence-electron chi connectivity index (χ2n) is 7.90. The molecule has 1 aliphatic rings. The number of aromatic nitrogens is 2. The minimum absolute atomic E-state index is 0.0420. The van der Waals surface area contributed by atoms with Gasteiger partial charge in [-0.15, -0.1) is 0 Å². The highest BCUT2D eigenvalue weighted by molar-refractivity contribution is 6.31. The SMILES string of the molecule is Clc1ccc2nc(N3N=C(c4ccco4)C[C@@H]3c3ccccc3)nc(-c3ccccc3)c2c1. The maximum absolute atomic E-state index is 6.33. The van der Waals surface area contributed by atoms with Crippen LogP contribution in [0.15, 0.2) is 107 Å². The third kappa shape index (κ3) is 3.66. The predicted octanol–water partition coefficient (Wildman–Crippen LogP) is 6.90. The molecule has 0 spiro atoms. The van der Waals surface area contributed by atoms with Crippen molar-refractivity contribution in [3.05, 3.63) is 114 Å². The Labute approximate surface area is 196 Å². The van der Waals surface area contributed by atoms with Crippen molar-refractivity contribution in [2.24, 2.45) is 5.10 Å². The quantitative estimate of drug-likeness (QED) is 0.299. The number of hydrogen-bond acceptors (Lipinski definition) is 5. The number of anilines is 1. The van der Waals surface area contributed by atoms with E-state index in [4.69, 9.17) is 31.1 Å². The number of halogens is 1. The Morgan fingerprint density at radius 2 is 1.64 bits per heavy atom. The van der Waals surface area contributed by atoms with Crippen LogP contribution in [0.5, 0.6) is 0 Å². The summed E-state index contributed by atoms with van der Waals surface area (Å²) in [5.74, 6) is 1.30. The van der Waals surface area contributed by atoms with E-state index in [2.05, 4.69) is 12.1 Å². The van der Waals surface area contributed by atoms with Gasteiger partial charge in [0.25, 0.3) is 0 Å². The summed E-state index contributed by atoms with van der Waals surface area (Å²) in [7, 11) is 0. The predicted molar refractivity (Wildman–Crippen MR) is 132 cm³/mol. The summed E-state index contributed by atoms with van der Waals surface area (Å²) < 4.78 is 5.65. The average Bonchev–Trinajstić information content (AvgIpc) is 3.55. The third-order valence-corrected chi connectivity index (χ3v) is 6.03. The van der Waals surface area contributed by atoms with E-state index in [9.17, 15) is 0 Å². The third-order valence-electron chi connectivity index (χ3n) is 5.80. The molecule has 0 saturated carbocycles. The lowest BCUT2D eigenvalue weighted by Crippen LogP contribution is -2.21. The molecule has 2 aromatic heterocycles. The van der Waals surface area contributed by atoms with Gasteiger partial charge in [0, 0.05) is 22.4 Å². The summed E-state index contributed by atoms with van der Waals surface area (Å²) in [6.45, 7) is 0. The van der Waals surface area contributed by atoms with Crippen LogP contribution in [-0.2, 0) is 0 Å². The highest BCUT2D eigenvalue weighted by atomic mass is 35.5. The molecule has 160 valence electrons. The van der Waals surface area contributed by atoms with E-state index in [1.807, 2.05) is 83.9 Å². The molecular formula is C27H19ClN4O. The normalized spacial score (nSPS) is 15.7. The van der Waals surface area contributed by atoms with Crippen LogP contribution in [0.4, 0.5) is 5.95 Å². The van der Waals surface area contributed by atoms with Crippen LogP contribution in [0, 0.1) is 0 Å². The van der Waals surface area contributed by atoms with E-state index in [-0.39, 0.29) is 6.04 Å². The molecule has 0 aliphatic carbocycles. The largest absolute Gasteiger partial charge is 0.463 e. The molecule has 0 unspecified atom stereocenters. The lowest BCUT2D eigenvalue weighted by molar-refractivity contribution is 0.556. The molecule has 1 atom stereocenters. The van der Waals surface area contributed by atoms with Crippen molar-refractivity contribution < 1.29 is 4.42 Å². The van der Waals surface area contributed by atoms with Gasteiger partial charge >= 0.3 is 0 Å². The van der Waals surface area contributed by atoms with Crippen LogP contribution in [0.2, 0.25) is 5.02 Å². The standard InChI is InChI=1S/C27H19ClN4O/c28-20-13-14-22-21(16-20)26(19-10-5-2-6-11-19)30-27(29-22)32-24(18-8-3-1-4-9-18)17-23(31-32)25-12-7-15-33-25/h1-16,24H,17H2/t24-/m1/s1. The van der Waals surface area contributed by atoms with Crippen molar-refractivity contribution in [1.29, 1.82) is 0 Å². The first-order valence-corrected chi connectivity index (χ1v) is 11.1. The van der Waals surface area contributed by atoms with Gasteiger partial charge in [0.05, 0.1) is 23.5 Å². The highest BCUT2D eigenvalue weighted by Gasteiger charge is 2.33. The smallest absolute Gasteiger partial charge is 0.247 e. The molecule has 5 nitrogen and oxygen atoms in total. The molecule has 3 aromatic carbocycles. The van der Waals surface area contributed by atoms with Gasteiger partial charge in [-0.3, -0.25) is 0 Å². The molecule has 1 aliphatic heterocycles. The molecule has 0 saturated heterocycles. The number of nitrogens with zero attached hydrogens (tertiary/aromatic N) is 4. The Balaban J connectivity index is 1.55. The van der Waals surface area contributed by atoms with Gasteiger partial charge in [-0.2, -0.15) is 5.10 Å². The van der Waals surface area contributed by atoms with Crippen LogP contribution in [0.3, 0.4) is 0 Å². The van der Waals surface area contributed by atoms with Crippen LogP contribution in [0.25, 0.3) is 22.2 Å². The zero-order valence-corrected chi connectivity index (χ0v) is 18.4. The lowest BCUT2D eigenvalue weighted by Gasteiger charge is -2.23. The van der Waals surface area contributed by atoms with E-state index in [0.717, 1.165) is 39.2 Å². The number of furan rings is 1. The number of hydrazone groups is 1. The second kappa shape index (κ2) is 8.19. The molecule has 0 bridgehead atoms. The number of fused-ring (bicyclic) bond motifs is 1. The van der Waals surface area contributed by atoms with Crippen LogP contribution in [0.1, 0.15) is 23.8 Å². The molecule has 0 fully saturated rings. The topological polar surface area (TPSA) is 54.5 Å². The fraction of sp³-hybridized carbons (Fsp3) is 0.0741. The summed E-state index contributed by atoms with van der Waals surface area (Å²) >= 11 is 6.33. The van der Waals surface area contributed by atoms with Crippen molar-refractivity contribution in [2.45, 2.75) is 12.5 Å². The molecule has 0 amide bonds. The number of benzene rings is 3. The molecule has 6 heteroatoms. The van der Waals surface area contributed by atoms with Crippen LogP contribution < -0.4 is 5.01 Å². The molecule has 33 heavy (non-hydrogen) atoms. The number of hydrogen-bond donors (Lipinski definition) is 0. The maximum atomic E-state index is 6.33. The van der Waals surface area contributed by atoms with Crippen molar-refractivity contribution in [3.63, 3.8) is 0 Å². The Hall–Kier alpha value is -3.96. The van der Waals surface area contributed by atoms with E-state index in [1.54, 1.807) is 6.26 Å². The van der Waals surface area contributed by atoms with Gasteiger partial charge < -0.3 is 4.42 Å². The maximum Gasteiger partial charge on any atom is 0.247 e. The van der Waals surface area contributed by atoms with Crippen molar-refractivity contribution in [2.75, 3.05) is 5.01 Å². The Bertz CT molecular complexity index is 1450. The summed E-state index contributed by atoms with van der Waals surface area (Å²) in [4.78, 5) is 9.90. The van der Waals surface area contributed by atoms with Gasteiger partial charge in [0.1, 0.15) is 11.5 Å². The van der Waals surface area contributed by atoms with E-state index in [1.165, 1.54) is 0 Å². The minimum Gasteiger partial charge on any atom is -0.463 e. The van der Waals surface area contributed by atoms with Gasteiger partial charge in [-0.25, -0.2) is 15.0 Å². The van der Waals surface area contributed by atoms with Crippen molar-refractivity contribution in [1.82, 2.24) is 9.97 Å². The van der Waals surface area contributed by atoms with Crippen LogP contribution in [-0.4, -0.2) is 15.7 Å². The summed E-state index contributed by atoms with van der Waals surface area (Å²) in [6.07, 6.45) is 2.36. The zero-order chi connectivity index (χ0) is 22.2. The van der Waals surface area contributed by atoms with Gasteiger partial charge in [0.15, 0.2) is 0 Å². The summed E-state index contributed by atoms with van der Waals surface area (Å²) in [5.41, 5.74) is 4.65. The lowest BCUT2D eigenvalue weighted by atomic mass is 10.0. The zero-order valence-electron chi connectivity index (χ0n) is 17.6. The van der Waals surface area contributed by atoms with E-state index < -0.39 is 0 Å². The Morgan fingerprint density at radius 1 is 0.848 bits per heavy atom. The molecule has 5 aromatic rings. The summed E-state index contributed by atoms with van der Waals surface area (Å²) in [6, 6.07) is 29.9. The molecular weight excluding hydrogens is 432 g/mol. The van der Waals surface area contributed by atoms with Gasteiger partial charge in [-0.1, -0.05) is 72.3 Å². The summed E-state index contributed by atoms with van der Waals surface area (Å²) in [5, 5.41) is 8.39. The van der Waals surface area contributed by atoms with Crippen LogP contribution >= 0.6 is 11.6 Å². The minimum atomic E-state index is -0.0420. The fourth-order valence-electron chi connectivity index (χ4n) is 4.23. The number of rotatable bonds is 4. The molecule has 3 heterocycles. The molecule has 6 rings (SSSR count). The first-order valence-electron chi connectivity index (χ1n) is 10.7. The Morgan fingerprint density at radius 3 is 2.39 bits per heavy atom. The van der Waals surface area contributed by atoms with Gasteiger partial charge in [0.2, 0.25) is 5.95 Å². The van der Waals surface area contributed by atoms with Crippen molar-refractivity contribution >= 4 is 34.2 Å². The molecule has 0 radical (unpaired) electrons. The monoisotopic (exact) mass is 450 g/mol. The molecule has 0 N–H and O–H groups in total. The highest BCUT2D eigenvalue weighted by Crippen LogP contribution is 2.37. The van der Waals surface area contributed by atoms with Crippen molar-refractivity contribution in [3.8, 4) is 11.3 Å². The van der Waals surface area contributed by atoms with E-state index in [0.29, 0.717) is 17.4 Å². The second-order valence-corrected chi connectivity index (χ2v) is 8.34. The first-order chi connectivity index (χ1) is 16.3. The average molecular weight is 451 g/mol. The fourth-order valence-corrected chi connectivity index (χ4v) is 4.40. The first kappa shape index (κ1) is 19.7.